The van der Waals surface area contributed by atoms with Gasteiger partial charge < -0.3 is 31.6 Å². The molecule has 206 valence electrons. The van der Waals surface area contributed by atoms with Crippen LogP contribution >= 0.6 is 75.8 Å². The number of nitrogens with one attached hydrogen (secondary N) is 2. The average Bonchev–Trinajstić information content (AvgIpc) is 2.82. The Morgan fingerprint density at radius 1 is 0.722 bits per heavy atom. The van der Waals surface area contributed by atoms with Crippen molar-refractivity contribution in [2.24, 2.45) is 11.5 Å². The first-order chi connectivity index (χ1) is 16.7. The van der Waals surface area contributed by atoms with E-state index < -0.39 is 58.5 Å². The lowest BCUT2D eigenvalue weighted by Crippen LogP contribution is -2.49. The Morgan fingerprint density at radius 3 is 1.47 bits per heavy atom. The van der Waals surface area contributed by atoms with Gasteiger partial charge in [0.2, 0.25) is 0 Å². The van der Waals surface area contributed by atoms with Crippen LogP contribution in [0.4, 0.5) is 0 Å². The Hall–Kier alpha value is -0.440. The molecule has 0 aromatic carbocycles. The number of nitrogens with two attached hydrogens (primary N) is 2. The van der Waals surface area contributed by atoms with E-state index in [0.29, 0.717) is 0 Å². The minimum Gasteiger partial charge on any atom is -0.392 e. The Labute approximate surface area is 241 Å². The van der Waals surface area contributed by atoms with E-state index in [1.54, 1.807) is 0 Å². The molecule has 18 heteroatoms. The number of esters is 4. The van der Waals surface area contributed by atoms with E-state index in [1.807, 2.05) is 0 Å². The molecule has 0 aliphatic carbocycles. The van der Waals surface area contributed by atoms with Crippen LogP contribution in [-0.2, 0) is 38.2 Å². The summed E-state index contributed by atoms with van der Waals surface area (Å²) in [6.07, 6.45) is -0.853. The highest BCUT2D eigenvalue weighted by atomic mass is 32.2. The number of ether oxygens (including phenoxy) is 2. The number of carbonyl (C=O) groups excluding carboxylic acids is 6. The smallest absolute Gasteiger partial charge is 0.340 e. The number of carbonyl (C=O) groups is 6. The normalized spacial score (nSPS) is 14.8. The SMILES string of the molecule is NC(CN[C@@H](CS)C(=O)OC(=O)CC(S)(S)C(=O)OC(=O)[C@H](CS)NCC(N)C(=O)CS)C(=O)CS. The molecule has 0 saturated heterocycles. The van der Waals surface area contributed by atoms with Crippen LogP contribution in [-0.4, -0.2) is 99.8 Å². The van der Waals surface area contributed by atoms with Gasteiger partial charge in [-0.1, -0.05) is 0 Å². The first-order valence-corrected chi connectivity index (χ1v) is 13.6. The lowest BCUT2D eigenvalue weighted by molar-refractivity contribution is -0.166. The highest BCUT2D eigenvalue weighted by Crippen LogP contribution is 2.27. The van der Waals surface area contributed by atoms with Crippen molar-refractivity contribution in [3.05, 3.63) is 0 Å². The maximum absolute atomic E-state index is 12.4. The second kappa shape index (κ2) is 18.0. The molecule has 12 nitrogen and oxygen atoms in total. The molecular weight excluding hydrogens is 593 g/mol. The van der Waals surface area contributed by atoms with Crippen LogP contribution in [0.25, 0.3) is 0 Å². The van der Waals surface area contributed by atoms with Gasteiger partial charge in [-0.3, -0.25) is 14.4 Å². The number of ketones is 2. The first-order valence-electron chi connectivity index (χ1n) is 10.2. The van der Waals surface area contributed by atoms with Gasteiger partial charge in [-0.15, -0.1) is 25.3 Å². The zero-order valence-corrected chi connectivity index (χ0v) is 24.2. The fourth-order valence-electron chi connectivity index (χ4n) is 2.18. The molecule has 0 bridgehead atoms. The summed E-state index contributed by atoms with van der Waals surface area (Å²) in [4.78, 5) is 72.0. The standard InChI is InChI=1S/C18H30N4O8S6/c19-8(12(23)6-33)2-21-10(4-31)15(26)29-14(25)1-18(35,36)17(28)30-16(27)11(5-32)22-3-9(20)13(24)7-34/h8-11,21-22,31-36H,1-7,19-20H2/t8?,9?,10-,11-/m0/s1. The van der Waals surface area contributed by atoms with Gasteiger partial charge in [0.15, 0.2) is 15.6 Å². The third kappa shape index (κ3) is 12.9. The Bertz CT molecular complexity index is 818. The summed E-state index contributed by atoms with van der Waals surface area (Å²) in [7, 11) is 0. The maximum atomic E-state index is 12.4. The van der Waals surface area contributed by atoms with E-state index in [2.05, 4.69) is 91.1 Å². The molecule has 0 spiro atoms. The van der Waals surface area contributed by atoms with Gasteiger partial charge in [-0.25, -0.2) is 14.4 Å². The Kier molecular flexibility index (Phi) is 17.7. The number of hydrogen-bond donors (Lipinski definition) is 10. The van der Waals surface area contributed by atoms with E-state index in [0.717, 1.165) is 0 Å². The van der Waals surface area contributed by atoms with Gasteiger partial charge in [-0.05, 0) is 0 Å². The van der Waals surface area contributed by atoms with Gasteiger partial charge in [0.05, 0.1) is 30.0 Å². The van der Waals surface area contributed by atoms with Crippen molar-refractivity contribution in [3.63, 3.8) is 0 Å². The van der Waals surface area contributed by atoms with E-state index >= 15 is 0 Å². The van der Waals surface area contributed by atoms with Crippen LogP contribution in [0.15, 0.2) is 0 Å². The van der Waals surface area contributed by atoms with Crippen LogP contribution < -0.4 is 22.1 Å². The zero-order chi connectivity index (χ0) is 28.1. The highest BCUT2D eigenvalue weighted by Gasteiger charge is 2.39. The number of hydrogen-bond acceptors (Lipinski definition) is 18. The fraction of sp³-hybridized carbons (Fsp3) is 0.667. The molecule has 2 unspecified atom stereocenters. The molecule has 0 aliphatic heterocycles. The number of thiol groups is 6. The van der Waals surface area contributed by atoms with Crippen molar-refractivity contribution in [2.45, 2.75) is 34.7 Å². The van der Waals surface area contributed by atoms with Gasteiger partial charge in [0, 0.05) is 24.6 Å². The fourth-order valence-corrected chi connectivity index (χ4v) is 3.56. The summed E-state index contributed by atoms with van der Waals surface area (Å²) in [5.41, 5.74) is 11.3. The molecule has 4 atom stereocenters. The van der Waals surface area contributed by atoms with Gasteiger partial charge in [0.25, 0.3) is 0 Å². The lowest BCUT2D eigenvalue weighted by atomic mass is 10.2. The minimum atomic E-state index is -2.14. The summed E-state index contributed by atoms with van der Waals surface area (Å²) >= 11 is 23.5. The summed E-state index contributed by atoms with van der Waals surface area (Å²) in [5, 5.41) is 5.28. The number of rotatable bonds is 17. The van der Waals surface area contributed by atoms with Gasteiger partial charge in [0.1, 0.15) is 12.1 Å². The molecule has 6 N–H and O–H groups in total. The van der Waals surface area contributed by atoms with Gasteiger partial charge >= 0.3 is 23.9 Å². The molecule has 0 aromatic heterocycles. The van der Waals surface area contributed by atoms with Crippen molar-refractivity contribution in [1.29, 1.82) is 0 Å². The zero-order valence-electron chi connectivity index (χ0n) is 18.9. The summed E-state index contributed by atoms with van der Waals surface area (Å²) < 4.78 is 7.25. The predicted octanol–water partition coefficient (Wildman–Crippen LogP) is -2.50. The topological polar surface area (TPSA) is 197 Å². The summed E-state index contributed by atoms with van der Waals surface area (Å²) in [6.45, 7) is -0.206. The molecule has 0 radical (unpaired) electrons. The highest BCUT2D eigenvalue weighted by molar-refractivity contribution is 8.02. The summed E-state index contributed by atoms with van der Waals surface area (Å²) in [5.74, 6) is -5.75. The quantitative estimate of drug-likeness (QED) is 0.0355. The third-order valence-electron chi connectivity index (χ3n) is 4.37. The molecule has 0 fully saturated rings. The molecule has 0 aromatic rings. The molecular formula is C18H30N4O8S6. The first kappa shape index (κ1) is 35.6. The van der Waals surface area contributed by atoms with Crippen LogP contribution in [0.1, 0.15) is 6.42 Å². The molecule has 0 saturated carbocycles. The molecule has 36 heavy (non-hydrogen) atoms. The minimum absolute atomic E-state index is 0.0873. The lowest BCUT2D eigenvalue weighted by Gasteiger charge is -2.22. The number of Topliss-reactive ketones (excluding diaryl/α,β-unsaturated/α-hetero) is 2. The van der Waals surface area contributed by atoms with Crippen LogP contribution in [0, 0.1) is 0 Å². The summed E-state index contributed by atoms with van der Waals surface area (Å²) in [6, 6.07) is -4.09. The average molecular weight is 623 g/mol. The van der Waals surface area contributed by atoms with Crippen molar-refractivity contribution < 1.29 is 38.2 Å². The predicted molar refractivity (Wildman–Crippen MR) is 152 cm³/mol. The van der Waals surface area contributed by atoms with Crippen molar-refractivity contribution in [3.8, 4) is 0 Å². The second-order valence-corrected chi connectivity index (χ2v) is 10.5. The molecule has 0 heterocycles. The third-order valence-corrected chi connectivity index (χ3v) is 6.40. The van der Waals surface area contributed by atoms with Crippen LogP contribution in [0.2, 0.25) is 0 Å². The monoisotopic (exact) mass is 622 g/mol. The van der Waals surface area contributed by atoms with Gasteiger partial charge in [-0.2, -0.15) is 50.5 Å². The molecule has 0 amide bonds. The van der Waals surface area contributed by atoms with E-state index in [1.165, 1.54) is 0 Å². The molecule has 0 aliphatic rings. The molecule has 0 rings (SSSR count). The van der Waals surface area contributed by atoms with Crippen LogP contribution in [0.5, 0.6) is 0 Å². The van der Waals surface area contributed by atoms with E-state index in [4.69, 9.17) is 16.2 Å². The second-order valence-electron chi connectivity index (χ2n) is 7.24. The van der Waals surface area contributed by atoms with Crippen molar-refractivity contribution in [1.82, 2.24) is 10.6 Å². The largest absolute Gasteiger partial charge is 0.392 e. The Balaban J connectivity index is 4.89. The van der Waals surface area contributed by atoms with E-state index in [-0.39, 0.29) is 47.7 Å². The maximum Gasteiger partial charge on any atom is 0.340 e. The van der Waals surface area contributed by atoms with Crippen molar-refractivity contribution >= 4 is 111 Å². The Morgan fingerprint density at radius 2 is 1.11 bits per heavy atom. The van der Waals surface area contributed by atoms with E-state index in [9.17, 15) is 28.8 Å². The van der Waals surface area contributed by atoms with Crippen molar-refractivity contribution in [2.75, 3.05) is 36.1 Å². The van der Waals surface area contributed by atoms with Crippen LogP contribution in [0.3, 0.4) is 0 Å².